The first kappa shape index (κ1) is 24.2. The average Bonchev–Trinajstić information content (AvgIpc) is 2.89. The van der Waals surface area contributed by atoms with E-state index < -0.39 is 0 Å². The fourth-order valence-electron chi connectivity index (χ4n) is 5.56. The fraction of sp³-hybridized carbons (Fsp3) is 0.704. The average molecular weight is 456 g/mol. The molecule has 0 unspecified atom stereocenters. The summed E-state index contributed by atoms with van der Waals surface area (Å²) >= 11 is 0. The second-order valence-electron chi connectivity index (χ2n) is 9.93. The smallest absolute Gasteiger partial charge is 0.253 e. The van der Waals surface area contributed by atoms with Crippen LogP contribution in [-0.4, -0.2) is 85.0 Å². The normalized spacial score (nSPS) is 21.4. The van der Waals surface area contributed by atoms with Crippen molar-refractivity contribution in [3.8, 4) is 0 Å². The third-order valence-corrected chi connectivity index (χ3v) is 7.74. The number of carbonyl (C=O) groups excluding carboxylic acids is 2. The maximum Gasteiger partial charge on any atom is 0.253 e. The van der Waals surface area contributed by atoms with Crippen molar-refractivity contribution in [1.29, 1.82) is 0 Å². The van der Waals surface area contributed by atoms with Crippen molar-refractivity contribution in [3.63, 3.8) is 0 Å². The van der Waals surface area contributed by atoms with Gasteiger partial charge in [-0.1, -0.05) is 31.9 Å². The number of benzene rings is 1. The van der Waals surface area contributed by atoms with E-state index in [1.807, 2.05) is 21.9 Å². The van der Waals surface area contributed by atoms with Crippen LogP contribution in [0.2, 0.25) is 0 Å². The first-order valence-electron chi connectivity index (χ1n) is 13.1. The first-order chi connectivity index (χ1) is 16.2. The van der Waals surface area contributed by atoms with Crippen molar-refractivity contribution < 1.29 is 14.3 Å². The van der Waals surface area contributed by atoms with Gasteiger partial charge in [0.2, 0.25) is 5.91 Å². The van der Waals surface area contributed by atoms with Gasteiger partial charge in [0.1, 0.15) is 0 Å². The van der Waals surface area contributed by atoms with Crippen LogP contribution in [0, 0.1) is 5.92 Å². The lowest BCUT2D eigenvalue weighted by Gasteiger charge is -2.42. The summed E-state index contributed by atoms with van der Waals surface area (Å²) in [5, 5.41) is 0. The van der Waals surface area contributed by atoms with Crippen LogP contribution in [0.1, 0.15) is 67.8 Å². The summed E-state index contributed by atoms with van der Waals surface area (Å²) in [4.78, 5) is 32.3. The van der Waals surface area contributed by atoms with E-state index in [-0.39, 0.29) is 11.8 Å². The topological polar surface area (TPSA) is 53.1 Å². The van der Waals surface area contributed by atoms with E-state index in [2.05, 4.69) is 24.0 Å². The van der Waals surface area contributed by atoms with Gasteiger partial charge in [-0.05, 0) is 69.3 Å². The van der Waals surface area contributed by atoms with E-state index in [0.29, 0.717) is 25.2 Å². The molecule has 33 heavy (non-hydrogen) atoms. The van der Waals surface area contributed by atoms with E-state index in [1.165, 1.54) is 24.8 Å². The van der Waals surface area contributed by atoms with Crippen molar-refractivity contribution in [2.24, 2.45) is 5.92 Å². The Hall–Kier alpha value is -1.92. The maximum atomic E-state index is 13.0. The minimum absolute atomic E-state index is 0.170. The van der Waals surface area contributed by atoms with Crippen LogP contribution in [0.15, 0.2) is 24.3 Å². The molecule has 3 fully saturated rings. The van der Waals surface area contributed by atoms with E-state index in [4.69, 9.17) is 4.74 Å². The van der Waals surface area contributed by atoms with Crippen molar-refractivity contribution >= 4 is 11.8 Å². The number of unbranched alkanes of at least 4 members (excludes halogenated alkanes) is 2. The molecular weight excluding hydrogens is 414 g/mol. The summed E-state index contributed by atoms with van der Waals surface area (Å²) in [5.41, 5.74) is 2.14. The molecule has 182 valence electrons. The highest BCUT2D eigenvalue weighted by atomic mass is 16.5. The van der Waals surface area contributed by atoms with Crippen LogP contribution in [0.5, 0.6) is 0 Å². The summed E-state index contributed by atoms with van der Waals surface area (Å²) in [7, 11) is 0. The molecular formula is C27H41N3O3. The molecule has 3 heterocycles. The number of likely N-dealkylation sites (tertiary alicyclic amines) is 2. The minimum Gasteiger partial charge on any atom is -0.378 e. The van der Waals surface area contributed by atoms with Crippen molar-refractivity contribution in [3.05, 3.63) is 35.4 Å². The molecule has 1 aromatic rings. The first-order valence-corrected chi connectivity index (χ1v) is 13.1. The van der Waals surface area contributed by atoms with E-state index in [0.717, 1.165) is 76.9 Å². The van der Waals surface area contributed by atoms with Gasteiger partial charge in [0.05, 0.1) is 13.2 Å². The Labute approximate surface area is 199 Å². The Balaban J connectivity index is 1.20. The Morgan fingerprint density at radius 1 is 0.848 bits per heavy atom. The Kier molecular flexibility index (Phi) is 8.79. The summed E-state index contributed by atoms with van der Waals surface area (Å²) < 4.78 is 5.38. The Bertz CT molecular complexity index is 759. The zero-order valence-electron chi connectivity index (χ0n) is 20.3. The SMILES string of the molecule is CCCCCc1ccc(C(=O)N2CCC(N3CCC(C(=O)N4CCOCC4)CC3)CC2)cc1. The monoisotopic (exact) mass is 455 g/mol. The van der Waals surface area contributed by atoms with Crippen LogP contribution in [0.25, 0.3) is 0 Å². The molecule has 0 saturated carbocycles. The second-order valence-corrected chi connectivity index (χ2v) is 9.93. The Morgan fingerprint density at radius 3 is 2.15 bits per heavy atom. The van der Waals surface area contributed by atoms with Gasteiger partial charge in [-0.15, -0.1) is 0 Å². The van der Waals surface area contributed by atoms with Gasteiger partial charge in [-0.2, -0.15) is 0 Å². The van der Waals surface area contributed by atoms with Crippen LogP contribution < -0.4 is 0 Å². The lowest BCUT2D eigenvalue weighted by molar-refractivity contribution is -0.141. The van der Waals surface area contributed by atoms with Crippen LogP contribution in [0.4, 0.5) is 0 Å². The molecule has 0 spiro atoms. The number of amides is 2. The van der Waals surface area contributed by atoms with Gasteiger partial charge in [0, 0.05) is 43.7 Å². The predicted molar refractivity (Wildman–Crippen MR) is 130 cm³/mol. The quantitative estimate of drug-likeness (QED) is 0.590. The summed E-state index contributed by atoms with van der Waals surface area (Å²) in [6.07, 6.45) is 8.79. The molecule has 1 aromatic carbocycles. The lowest BCUT2D eigenvalue weighted by atomic mass is 9.92. The zero-order valence-corrected chi connectivity index (χ0v) is 20.3. The number of carbonyl (C=O) groups is 2. The highest BCUT2D eigenvalue weighted by Crippen LogP contribution is 2.26. The predicted octanol–water partition coefficient (Wildman–Crippen LogP) is 3.59. The van der Waals surface area contributed by atoms with Crippen molar-refractivity contribution in [2.45, 2.75) is 64.3 Å². The van der Waals surface area contributed by atoms with E-state index in [9.17, 15) is 9.59 Å². The molecule has 0 radical (unpaired) electrons. The molecule has 0 atom stereocenters. The highest BCUT2D eigenvalue weighted by molar-refractivity contribution is 5.94. The number of hydrogen-bond donors (Lipinski definition) is 0. The molecule has 6 nitrogen and oxygen atoms in total. The third kappa shape index (κ3) is 6.36. The van der Waals surface area contributed by atoms with Crippen LogP contribution in [0.3, 0.4) is 0 Å². The number of morpholine rings is 1. The minimum atomic E-state index is 0.170. The summed E-state index contributed by atoms with van der Waals surface area (Å²) in [6.45, 7) is 8.71. The molecule has 3 aliphatic rings. The van der Waals surface area contributed by atoms with Crippen molar-refractivity contribution in [2.75, 3.05) is 52.5 Å². The number of rotatable bonds is 7. The number of ether oxygens (including phenoxy) is 1. The van der Waals surface area contributed by atoms with Crippen LogP contribution in [-0.2, 0) is 16.0 Å². The molecule has 3 saturated heterocycles. The number of nitrogens with zero attached hydrogens (tertiary/aromatic N) is 3. The maximum absolute atomic E-state index is 13.0. The van der Waals surface area contributed by atoms with E-state index in [1.54, 1.807) is 0 Å². The molecule has 0 aliphatic carbocycles. The number of hydrogen-bond acceptors (Lipinski definition) is 4. The molecule has 2 amide bonds. The van der Waals surface area contributed by atoms with Gasteiger partial charge in [0.15, 0.2) is 0 Å². The van der Waals surface area contributed by atoms with Crippen molar-refractivity contribution in [1.82, 2.24) is 14.7 Å². The molecule has 6 heteroatoms. The largest absolute Gasteiger partial charge is 0.378 e. The van der Waals surface area contributed by atoms with Gasteiger partial charge in [0.25, 0.3) is 5.91 Å². The van der Waals surface area contributed by atoms with Gasteiger partial charge >= 0.3 is 0 Å². The fourth-order valence-corrected chi connectivity index (χ4v) is 5.56. The Morgan fingerprint density at radius 2 is 1.52 bits per heavy atom. The number of aryl methyl sites for hydroxylation is 1. The van der Waals surface area contributed by atoms with Gasteiger partial charge < -0.3 is 19.4 Å². The molecule has 0 N–H and O–H groups in total. The molecule has 0 bridgehead atoms. The molecule has 3 aliphatic heterocycles. The standard InChI is InChI=1S/C27H41N3O3/c1-2-3-4-5-22-6-8-23(9-7-22)26(31)29-16-12-25(13-17-29)28-14-10-24(11-15-28)27(32)30-18-20-33-21-19-30/h6-9,24-25H,2-5,10-21H2,1H3. The van der Waals surface area contributed by atoms with Gasteiger partial charge in [-0.25, -0.2) is 0 Å². The second kappa shape index (κ2) is 12.0. The molecule has 4 rings (SSSR count). The van der Waals surface area contributed by atoms with Crippen LogP contribution >= 0.6 is 0 Å². The lowest BCUT2D eigenvalue weighted by Crippen LogP contribution is -2.51. The molecule has 0 aromatic heterocycles. The summed E-state index contributed by atoms with van der Waals surface area (Å²) in [6, 6.07) is 8.79. The highest BCUT2D eigenvalue weighted by Gasteiger charge is 2.33. The summed E-state index contributed by atoms with van der Waals surface area (Å²) in [5.74, 6) is 0.670. The zero-order chi connectivity index (χ0) is 23.0. The van der Waals surface area contributed by atoms with E-state index >= 15 is 0 Å². The van der Waals surface area contributed by atoms with Gasteiger partial charge in [-0.3, -0.25) is 9.59 Å². The number of piperidine rings is 2. The third-order valence-electron chi connectivity index (χ3n) is 7.74.